The molecule has 1 N–H and O–H groups in total. The molecule has 0 bridgehead atoms. The number of nitrogens with zero attached hydrogens (tertiary/aromatic N) is 5. The van der Waals surface area contributed by atoms with E-state index < -0.39 is 21.4 Å². The van der Waals surface area contributed by atoms with Crippen molar-refractivity contribution in [1.82, 2.24) is 4.90 Å². The maximum Gasteiger partial charge on any atom is 0.442 e. The van der Waals surface area contributed by atoms with Crippen LogP contribution in [0.1, 0.15) is 55.9 Å². The lowest BCUT2D eigenvalue weighted by Crippen LogP contribution is -2.45. The molecule has 9 nitrogen and oxygen atoms in total. The highest BCUT2D eigenvalue weighted by molar-refractivity contribution is 7.93. The van der Waals surface area contributed by atoms with Crippen LogP contribution in [-0.2, 0) is 14.5 Å². The SMILES string of the molecule is C=C(c1cc(NC2CCN(c3ccccc3C#N)CC2)c(C)cc1C)N1CCN(c2ccccc2S(C)(=O)=NC(=O)OC(C)(C)C)CC1. The Bertz CT molecular complexity index is 1830. The summed E-state index contributed by atoms with van der Waals surface area (Å²) in [5.41, 5.74) is 7.50. The molecule has 5 rings (SSSR count). The lowest BCUT2D eigenvalue weighted by molar-refractivity contribution is 0.0607. The molecule has 0 aromatic heterocycles. The zero-order valence-corrected chi connectivity index (χ0v) is 29.9. The second kappa shape index (κ2) is 14.3. The Kier molecular flexibility index (Phi) is 10.4. The molecule has 1 unspecified atom stereocenters. The number of aryl methyl sites for hydroxylation is 2. The smallest absolute Gasteiger partial charge is 0.442 e. The molecule has 0 saturated carbocycles. The van der Waals surface area contributed by atoms with E-state index in [-0.39, 0.29) is 0 Å². The number of piperazine rings is 1. The number of anilines is 3. The van der Waals surface area contributed by atoms with Crippen molar-refractivity contribution in [1.29, 1.82) is 5.26 Å². The van der Waals surface area contributed by atoms with E-state index in [0.717, 1.165) is 72.9 Å². The van der Waals surface area contributed by atoms with Crippen LogP contribution in [0.3, 0.4) is 0 Å². The second-order valence-corrected chi connectivity index (χ2v) is 16.0. The fourth-order valence-corrected chi connectivity index (χ4v) is 7.88. The van der Waals surface area contributed by atoms with Gasteiger partial charge in [-0.1, -0.05) is 36.9 Å². The molecule has 254 valence electrons. The number of piperidine rings is 1. The first-order valence-electron chi connectivity index (χ1n) is 16.6. The summed E-state index contributed by atoms with van der Waals surface area (Å²) in [6.45, 7) is 18.8. The van der Waals surface area contributed by atoms with Gasteiger partial charge in [0.1, 0.15) is 11.7 Å². The van der Waals surface area contributed by atoms with Gasteiger partial charge in [-0.25, -0.2) is 9.00 Å². The molecule has 2 heterocycles. The molecule has 2 saturated heterocycles. The van der Waals surface area contributed by atoms with Crippen LogP contribution in [0.2, 0.25) is 0 Å². The van der Waals surface area contributed by atoms with E-state index in [0.29, 0.717) is 24.0 Å². The van der Waals surface area contributed by atoms with Gasteiger partial charge < -0.3 is 24.8 Å². The van der Waals surface area contributed by atoms with Gasteiger partial charge in [0, 0.05) is 68.5 Å². The lowest BCUT2D eigenvalue weighted by atomic mass is 9.98. The number of ether oxygens (including phenoxy) is 1. The van der Waals surface area contributed by atoms with Crippen LogP contribution in [0.4, 0.5) is 21.9 Å². The Morgan fingerprint density at radius 3 is 2.19 bits per heavy atom. The fourth-order valence-electron chi connectivity index (χ4n) is 6.55. The molecule has 0 spiro atoms. The Balaban J connectivity index is 1.24. The number of hydrogen-bond donors (Lipinski definition) is 1. The van der Waals surface area contributed by atoms with E-state index in [4.69, 9.17) is 4.74 Å². The topological polar surface area (TPSA) is 101 Å². The molecular weight excluding hydrogens is 621 g/mol. The summed E-state index contributed by atoms with van der Waals surface area (Å²) in [6, 6.07) is 22.5. The van der Waals surface area contributed by atoms with Crippen molar-refractivity contribution in [2.75, 3.05) is 60.6 Å². The van der Waals surface area contributed by atoms with Gasteiger partial charge in [0.2, 0.25) is 0 Å². The van der Waals surface area contributed by atoms with Crippen molar-refractivity contribution in [2.24, 2.45) is 4.36 Å². The highest BCUT2D eigenvalue weighted by atomic mass is 32.2. The summed E-state index contributed by atoms with van der Waals surface area (Å²) in [5.74, 6) is 0. The average Bonchev–Trinajstić information content (AvgIpc) is 3.05. The highest BCUT2D eigenvalue weighted by Gasteiger charge is 2.26. The van der Waals surface area contributed by atoms with Crippen LogP contribution in [0.15, 0.2) is 76.5 Å². The quantitative estimate of drug-likeness (QED) is 0.277. The molecule has 1 atom stereocenters. The summed E-state index contributed by atoms with van der Waals surface area (Å²) in [4.78, 5) is 19.8. The molecule has 0 aliphatic carbocycles. The number of rotatable bonds is 7. The molecule has 1 amide bonds. The van der Waals surface area contributed by atoms with Gasteiger partial charge in [0.15, 0.2) is 0 Å². The summed E-state index contributed by atoms with van der Waals surface area (Å²) in [6.07, 6.45) is 2.65. The molecule has 2 aliphatic rings. The number of nitriles is 1. The number of benzene rings is 3. The zero-order valence-electron chi connectivity index (χ0n) is 29.1. The van der Waals surface area contributed by atoms with E-state index >= 15 is 0 Å². The highest BCUT2D eigenvalue weighted by Crippen LogP contribution is 2.33. The van der Waals surface area contributed by atoms with Crippen molar-refractivity contribution >= 4 is 38.6 Å². The molecule has 10 heteroatoms. The van der Waals surface area contributed by atoms with Crippen molar-refractivity contribution < 1.29 is 13.7 Å². The summed E-state index contributed by atoms with van der Waals surface area (Å²) in [7, 11) is -3.03. The second-order valence-electron chi connectivity index (χ2n) is 13.8. The predicted octanol–water partition coefficient (Wildman–Crippen LogP) is 7.44. The maximum atomic E-state index is 13.7. The summed E-state index contributed by atoms with van der Waals surface area (Å²) >= 11 is 0. The Hall–Kier alpha value is -4.49. The van der Waals surface area contributed by atoms with Gasteiger partial charge in [0.05, 0.1) is 31.6 Å². The van der Waals surface area contributed by atoms with E-state index in [9.17, 15) is 14.3 Å². The Morgan fingerprint density at radius 1 is 0.938 bits per heavy atom. The third-order valence-electron chi connectivity index (χ3n) is 9.02. The van der Waals surface area contributed by atoms with Crippen molar-refractivity contribution in [3.05, 3.63) is 89.5 Å². The largest absolute Gasteiger partial charge is 0.442 e. The Morgan fingerprint density at radius 2 is 1.54 bits per heavy atom. The minimum Gasteiger partial charge on any atom is -0.442 e. The normalized spacial score (nSPS) is 16.9. The summed E-state index contributed by atoms with van der Waals surface area (Å²) < 4.78 is 23.0. The van der Waals surface area contributed by atoms with Gasteiger partial charge in [0.25, 0.3) is 0 Å². The van der Waals surface area contributed by atoms with Crippen molar-refractivity contribution in [2.45, 2.75) is 64.0 Å². The first-order valence-corrected chi connectivity index (χ1v) is 18.5. The van der Waals surface area contributed by atoms with Crippen LogP contribution in [-0.4, -0.2) is 72.4 Å². The third-order valence-corrected chi connectivity index (χ3v) is 10.7. The van der Waals surface area contributed by atoms with E-state index in [1.165, 1.54) is 17.4 Å². The van der Waals surface area contributed by atoms with Crippen LogP contribution in [0, 0.1) is 25.2 Å². The van der Waals surface area contributed by atoms with Gasteiger partial charge in [-0.15, -0.1) is 4.36 Å². The first kappa shape index (κ1) is 34.8. The molecule has 2 fully saturated rings. The minimum atomic E-state index is -3.03. The molecule has 48 heavy (non-hydrogen) atoms. The molecule has 2 aliphatic heterocycles. The number of carbonyl (C=O) groups excluding carboxylic acids is 1. The van der Waals surface area contributed by atoms with Crippen molar-refractivity contribution in [3.63, 3.8) is 0 Å². The van der Waals surface area contributed by atoms with Gasteiger partial charge in [-0.05, 0) is 88.9 Å². The van der Waals surface area contributed by atoms with E-state index in [2.05, 4.69) is 63.0 Å². The Labute approximate surface area is 286 Å². The number of hydrogen-bond acceptors (Lipinski definition) is 8. The van der Waals surface area contributed by atoms with Gasteiger partial charge in [-0.2, -0.15) is 5.26 Å². The van der Waals surface area contributed by atoms with Crippen LogP contribution >= 0.6 is 0 Å². The molecular formula is C38H48N6O3S. The van der Waals surface area contributed by atoms with Crippen LogP contribution in [0.5, 0.6) is 0 Å². The predicted molar refractivity (Wildman–Crippen MR) is 196 cm³/mol. The van der Waals surface area contributed by atoms with Crippen molar-refractivity contribution in [3.8, 4) is 6.07 Å². The number of para-hydroxylation sites is 2. The number of amides is 1. The molecule has 0 radical (unpaired) electrons. The summed E-state index contributed by atoms with van der Waals surface area (Å²) in [5, 5.41) is 13.4. The molecule has 3 aromatic carbocycles. The van der Waals surface area contributed by atoms with E-state index in [1.807, 2.05) is 42.5 Å². The third kappa shape index (κ3) is 8.13. The average molecular weight is 669 g/mol. The van der Waals surface area contributed by atoms with E-state index in [1.54, 1.807) is 26.8 Å². The van der Waals surface area contributed by atoms with Gasteiger partial charge >= 0.3 is 6.09 Å². The zero-order chi connectivity index (χ0) is 34.6. The monoisotopic (exact) mass is 668 g/mol. The standard InChI is InChI=1S/C38H48N6O3S/c1-27-24-28(2)33(40-31-16-18-43(19-17-31)34-13-9-8-12-30(34)26-39)25-32(27)29(3)42-20-22-44(23-21-42)35-14-10-11-15-36(35)48(7,46)41-37(45)47-38(4,5)6/h8-15,24-25,31,40H,3,16-23H2,1-2,4-7H3. The maximum absolute atomic E-state index is 13.7. The number of nitrogens with one attached hydrogen (secondary N) is 1. The first-order chi connectivity index (χ1) is 22.8. The number of carbonyl (C=O) groups is 1. The van der Waals surface area contributed by atoms with Crippen LogP contribution < -0.4 is 15.1 Å². The fraction of sp³-hybridized carbons (Fsp3) is 0.421. The minimum absolute atomic E-state index is 0.345. The molecule has 3 aromatic rings. The van der Waals surface area contributed by atoms with Gasteiger partial charge in [-0.3, -0.25) is 0 Å². The lowest BCUT2D eigenvalue weighted by Gasteiger charge is -2.39. The van der Waals surface area contributed by atoms with Crippen LogP contribution in [0.25, 0.3) is 5.70 Å².